The maximum absolute atomic E-state index is 5.45. The Hall–Kier alpha value is -1.48. The molecule has 0 atom stereocenters. The highest BCUT2D eigenvalue weighted by atomic mass is 79.9. The van der Waals surface area contributed by atoms with Gasteiger partial charge in [-0.2, -0.15) is 0 Å². The van der Waals surface area contributed by atoms with Gasteiger partial charge in [-0.1, -0.05) is 34.1 Å². The number of methoxy groups -OCH3 is 1. The summed E-state index contributed by atoms with van der Waals surface area (Å²) in [5.41, 5.74) is 3.76. The second-order valence-corrected chi connectivity index (χ2v) is 6.68. The molecular weight excluding hydrogens is 326 g/mol. The third kappa shape index (κ3) is 3.24. The molecule has 0 bridgehead atoms. The molecule has 0 heterocycles. The van der Waals surface area contributed by atoms with Crippen LogP contribution in [0.4, 0.5) is 5.69 Å². The second-order valence-electron chi connectivity index (χ2n) is 5.76. The highest BCUT2D eigenvalue weighted by molar-refractivity contribution is 9.10. The highest BCUT2D eigenvalue weighted by Crippen LogP contribution is 2.40. The molecule has 1 N–H and O–H groups in total. The SMILES string of the molecule is COc1cc(C)ccc1NC1CC(c2ccc(Br)cc2)C1. The van der Waals surface area contributed by atoms with E-state index in [1.54, 1.807) is 7.11 Å². The van der Waals surface area contributed by atoms with E-state index in [9.17, 15) is 0 Å². The van der Waals surface area contributed by atoms with E-state index in [2.05, 4.69) is 70.6 Å². The predicted octanol–water partition coefficient (Wildman–Crippen LogP) is 5.12. The van der Waals surface area contributed by atoms with E-state index in [0.29, 0.717) is 12.0 Å². The number of hydrogen-bond donors (Lipinski definition) is 1. The standard InChI is InChI=1S/C18H20BrNO/c1-12-3-8-17(18(9-12)21-2)20-16-10-14(11-16)13-4-6-15(19)7-5-13/h3-9,14,16,20H,10-11H2,1-2H3. The maximum Gasteiger partial charge on any atom is 0.142 e. The number of aryl methyl sites for hydroxylation is 1. The van der Waals surface area contributed by atoms with Crippen LogP contribution in [0.1, 0.15) is 29.9 Å². The van der Waals surface area contributed by atoms with E-state index in [1.165, 1.54) is 24.0 Å². The molecular formula is C18H20BrNO. The molecule has 1 fully saturated rings. The smallest absolute Gasteiger partial charge is 0.142 e. The van der Waals surface area contributed by atoms with E-state index in [-0.39, 0.29) is 0 Å². The van der Waals surface area contributed by atoms with Crippen molar-refractivity contribution in [2.45, 2.75) is 31.7 Å². The molecule has 3 heteroatoms. The molecule has 21 heavy (non-hydrogen) atoms. The monoisotopic (exact) mass is 345 g/mol. The summed E-state index contributed by atoms with van der Waals surface area (Å²) in [7, 11) is 1.73. The van der Waals surface area contributed by atoms with Crippen LogP contribution in [0.25, 0.3) is 0 Å². The summed E-state index contributed by atoms with van der Waals surface area (Å²) >= 11 is 3.49. The topological polar surface area (TPSA) is 21.3 Å². The predicted molar refractivity (Wildman–Crippen MR) is 91.3 cm³/mol. The Balaban J connectivity index is 1.61. The number of halogens is 1. The van der Waals surface area contributed by atoms with Crippen LogP contribution in [0.15, 0.2) is 46.9 Å². The highest BCUT2D eigenvalue weighted by Gasteiger charge is 2.30. The van der Waals surface area contributed by atoms with Crippen LogP contribution in [0.5, 0.6) is 5.75 Å². The van der Waals surface area contributed by atoms with Crippen molar-refractivity contribution in [1.29, 1.82) is 0 Å². The quantitative estimate of drug-likeness (QED) is 0.829. The van der Waals surface area contributed by atoms with E-state index in [4.69, 9.17) is 4.74 Å². The summed E-state index contributed by atoms with van der Waals surface area (Å²) < 4.78 is 6.60. The Morgan fingerprint density at radius 3 is 2.48 bits per heavy atom. The Kier molecular flexibility index (Phi) is 4.20. The van der Waals surface area contributed by atoms with E-state index < -0.39 is 0 Å². The molecule has 2 aromatic carbocycles. The fraction of sp³-hybridized carbons (Fsp3) is 0.333. The molecule has 0 unspecified atom stereocenters. The fourth-order valence-electron chi connectivity index (χ4n) is 2.88. The summed E-state index contributed by atoms with van der Waals surface area (Å²) in [5.74, 6) is 1.61. The molecule has 3 rings (SSSR count). The minimum atomic E-state index is 0.537. The molecule has 2 aromatic rings. The van der Waals surface area contributed by atoms with Crippen LogP contribution in [0, 0.1) is 6.92 Å². The van der Waals surface area contributed by atoms with E-state index in [0.717, 1.165) is 15.9 Å². The number of hydrogen-bond acceptors (Lipinski definition) is 2. The third-order valence-corrected chi connectivity index (χ3v) is 4.72. The summed E-state index contributed by atoms with van der Waals surface area (Å²) in [5, 5.41) is 3.60. The minimum absolute atomic E-state index is 0.537. The van der Waals surface area contributed by atoms with Crippen LogP contribution in [-0.4, -0.2) is 13.2 Å². The van der Waals surface area contributed by atoms with Crippen molar-refractivity contribution in [2.75, 3.05) is 12.4 Å². The van der Waals surface area contributed by atoms with Gasteiger partial charge in [-0.05, 0) is 61.1 Å². The van der Waals surface area contributed by atoms with E-state index in [1.807, 2.05) is 0 Å². The van der Waals surface area contributed by atoms with Gasteiger partial charge in [0.25, 0.3) is 0 Å². The average molecular weight is 346 g/mol. The molecule has 2 nitrogen and oxygen atoms in total. The molecule has 0 amide bonds. The first-order valence-corrected chi connectivity index (χ1v) is 8.11. The third-order valence-electron chi connectivity index (χ3n) is 4.20. The number of benzene rings is 2. The van der Waals surface area contributed by atoms with Crippen molar-refractivity contribution in [3.63, 3.8) is 0 Å². The summed E-state index contributed by atoms with van der Waals surface area (Å²) in [6, 6.07) is 15.5. The van der Waals surface area contributed by atoms with Crippen molar-refractivity contribution >= 4 is 21.6 Å². The molecule has 1 aliphatic rings. The van der Waals surface area contributed by atoms with Gasteiger partial charge >= 0.3 is 0 Å². The molecule has 0 radical (unpaired) electrons. The molecule has 0 spiro atoms. The van der Waals surface area contributed by atoms with E-state index >= 15 is 0 Å². The lowest BCUT2D eigenvalue weighted by Crippen LogP contribution is -2.34. The Bertz CT molecular complexity index is 618. The minimum Gasteiger partial charge on any atom is -0.495 e. The second kappa shape index (κ2) is 6.10. The van der Waals surface area contributed by atoms with Crippen molar-refractivity contribution in [1.82, 2.24) is 0 Å². The van der Waals surface area contributed by atoms with Gasteiger partial charge in [0.05, 0.1) is 12.8 Å². The van der Waals surface area contributed by atoms with Crippen molar-refractivity contribution < 1.29 is 4.74 Å². The van der Waals surface area contributed by atoms with Gasteiger partial charge in [-0.3, -0.25) is 0 Å². The maximum atomic E-state index is 5.45. The van der Waals surface area contributed by atoms with Gasteiger partial charge in [0, 0.05) is 10.5 Å². The van der Waals surface area contributed by atoms with Gasteiger partial charge in [0.1, 0.15) is 5.75 Å². The normalized spacial score (nSPS) is 20.7. The van der Waals surface area contributed by atoms with Gasteiger partial charge in [0.2, 0.25) is 0 Å². The number of nitrogens with one attached hydrogen (secondary N) is 1. The molecule has 1 saturated carbocycles. The number of ether oxygens (including phenoxy) is 1. The fourth-order valence-corrected chi connectivity index (χ4v) is 3.14. The Morgan fingerprint density at radius 2 is 1.81 bits per heavy atom. The Labute approximate surface area is 134 Å². The molecule has 0 saturated heterocycles. The van der Waals surface area contributed by atoms with Crippen LogP contribution < -0.4 is 10.1 Å². The van der Waals surface area contributed by atoms with Crippen LogP contribution in [0.3, 0.4) is 0 Å². The van der Waals surface area contributed by atoms with Gasteiger partial charge < -0.3 is 10.1 Å². The first-order chi connectivity index (χ1) is 10.2. The lowest BCUT2D eigenvalue weighted by molar-refractivity contribution is 0.370. The van der Waals surface area contributed by atoms with Gasteiger partial charge in [-0.15, -0.1) is 0 Å². The van der Waals surface area contributed by atoms with Crippen LogP contribution in [0.2, 0.25) is 0 Å². The molecule has 0 aliphatic heterocycles. The lowest BCUT2D eigenvalue weighted by Gasteiger charge is -2.37. The summed E-state index contributed by atoms with van der Waals surface area (Å²) in [6.07, 6.45) is 2.36. The van der Waals surface area contributed by atoms with Crippen molar-refractivity contribution in [3.05, 3.63) is 58.1 Å². The number of rotatable bonds is 4. The molecule has 1 aliphatic carbocycles. The van der Waals surface area contributed by atoms with Crippen molar-refractivity contribution in [3.8, 4) is 5.75 Å². The average Bonchev–Trinajstić information content (AvgIpc) is 2.45. The zero-order valence-electron chi connectivity index (χ0n) is 12.4. The van der Waals surface area contributed by atoms with Crippen LogP contribution >= 0.6 is 15.9 Å². The molecule has 0 aromatic heterocycles. The van der Waals surface area contributed by atoms with Crippen molar-refractivity contribution in [2.24, 2.45) is 0 Å². The first-order valence-electron chi connectivity index (χ1n) is 7.32. The largest absolute Gasteiger partial charge is 0.495 e. The van der Waals surface area contributed by atoms with Crippen LogP contribution in [-0.2, 0) is 0 Å². The summed E-state index contributed by atoms with van der Waals surface area (Å²) in [4.78, 5) is 0. The Morgan fingerprint density at radius 1 is 1.10 bits per heavy atom. The van der Waals surface area contributed by atoms with Gasteiger partial charge in [-0.25, -0.2) is 0 Å². The molecule has 110 valence electrons. The first kappa shape index (κ1) is 14.5. The summed E-state index contributed by atoms with van der Waals surface area (Å²) in [6.45, 7) is 2.08. The number of anilines is 1. The van der Waals surface area contributed by atoms with Gasteiger partial charge in [0.15, 0.2) is 0 Å². The lowest BCUT2D eigenvalue weighted by atomic mass is 9.76. The zero-order chi connectivity index (χ0) is 14.8. The zero-order valence-corrected chi connectivity index (χ0v) is 14.0.